The number of aromatic carboxylic acids is 1. The minimum atomic E-state index is -1.24. The molecule has 4 nitrogen and oxygen atoms in total. The average Bonchev–Trinajstić information content (AvgIpc) is 2.77. The van der Waals surface area contributed by atoms with Gasteiger partial charge >= 0.3 is 5.97 Å². The minimum Gasteiger partial charge on any atom is -0.475 e. The fraction of sp³-hybridized carbons (Fsp3) is 0.286. The maximum atomic E-state index is 13.9. The number of nitrogens with zero attached hydrogens (tertiary/aromatic N) is 1. The molecule has 1 heterocycles. The summed E-state index contributed by atoms with van der Waals surface area (Å²) in [6.07, 6.45) is 0. The molecule has 6 heteroatoms. The Morgan fingerprint density at radius 1 is 1.40 bits per heavy atom. The highest BCUT2D eigenvalue weighted by molar-refractivity contribution is 6.31. The van der Waals surface area contributed by atoms with Crippen LogP contribution < -0.4 is 0 Å². The van der Waals surface area contributed by atoms with Gasteiger partial charge in [0.1, 0.15) is 5.69 Å². The summed E-state index contributed by atoms with van der Waals surface area (Å²) in [7, 11) is 0. The first-order valence-corrected chi connectivity index (χ1v) is 6.28. The number of hydrogen-bond acceptors (Lipinski definition) is 3. The van der Waals surface area contributed by atoms with Crippen molar-refractivity contribution in [3.8, 4) is 11.5 Å². The standard InChI is InChI=1S/C14H13ClFNO3/c1-14(2,3)11-10(13(18)19)20-12(17-11)7-5-4-6-8(15)9(7)16/h4-6H,1-3H3,(H,18,19). The van der Waals surface area contributed by atoms with Gasteiger partial charge in [-0.2, -0.15) is 0 Å². The van der Waals surface area contributed by atoms with Gasteiger partial charge in [-0.05, 0) is 12.1 Å². The summed E-state index contributed by atoms with van der Waals surface area (Å²) in [5, 5.41) is 9.09. The lowest BCUT2D eigenvalue weighted by Crippen LogP contribution is -2.16. The highest BCUT2D eigenvalue weighted by Crippen LogP contribution is 2.32. The van der Waals surface area contributed by atoms with Gasteiger partial charge in [-0.15, -0.1) is 0 Å². The van der Waals surface area contributed by atoms with Gasteiger partial charge in [-0.3, -0.25) is 0 Å². The van der Waals surface area contributed by atoms with Crippen LogP contribution in [0.15, 0.2) is 22.6 Å². The van der Waals surface area contributed by atoms with Crippen LogP contribution in [0.1, 0.15) is 37.0 Å². The monoisotopic (exact) mass is 297 g/mol. The van der Waals surface area contributed by atoms with Crippen molar-refractivity contribution in [1.29, 1.82) is 0 Å². The molecule has 20 heavy (non-hydrogen) atoms. The third kappa shape index (κ3) is 2.54. The molecular formula is C14H13ClFNO3. The molecule has 0 atom stereocenters. The van der Waals surface area contributed by atoms with Crippen LogP contribution in [0.2, 0.25) is 5.02 Å². The first-order chi connectivity index (χ1) is 9.21. The molecule has 0 saturated heterocycles. The fourth-order valence-electron chi connectivity index (χ4n) is 1.76. The molecule has 0 amide bonds. The van der Waals surface area contributed by atoms with E-state index in [1.807, 2.05) is 0 Å². The lowest BCUT2D eigenvalue weighted by atomic mass is 9.91. The topological polar surface area (TPSA) is 63.3 Å². The van der Waals surface area contributed by atoms with Crippen molar-refractivity contribution in [3.05, 3.63) is 40.5 Å². The molecule has 1 aromatic heterocycles. The normalized spacial score (nSPS) is 11.7. The number of benzene rings is 1. The van der Waals surface area contributed by atoms with E-state index in [-0.39, 0.29) is 27.9 Å². The smallest absolute Gasteiger partial charge is 0.373 e. The second-order valence-corrected chi connectivity index (χ2v) is 5.76. The zero-order valence-corrected chi connectivity index (χ0v) is 12.0. The molecule has 1 N–H and O–H groups in total. The molecule has 0 bridgehead atoms. The van der Waals surface area contributed by atoms with E-state index in [0.717, 1.165) is 0 Å². The van der Waals surface area contributed by atoms with Gasteiger partial charge in [0, 0.05) is 5.41 Å². The van der Waals surface area contributed by atoms with Gasteiger partial charge in [0.25, 0.3) is 0 Å². The van der Waals surface area contributed by atoms with Crippen LogP contribution in [0.4, 0.5) is 4.39 Å². The van der Waals surface area contributed by atoms with E-state index in [9.17, 15) is 9.18 Å². The number of rotatable bonds is 2. The zero-order valence-electron chi connectivity index (χ0n) is 11.2. The van der Waals surface area contributed by atoms with Gasteiger partial charge in [-0.1, -0.05) is 38.4 Å². The highest BCUT2D eigenvalue weighted by Gasteiger charge is 2.30. The maximum Gasteiger partial charge on any atom is 0.373 e. The fourth-order valence-corrected chi connectivity index (χ4v) is 1.93. The number of oxazole rings is 1. The van der Waals surface area contributed by atoms with E-state index < -0.39 is 17.2 Å². The summed E-state index contributed by atoms with van der Waals surface area (Å²) in [5.74, 6) is -2.30. The molecule has 0 aliphatic carbocycles. The summed E-state index contributed by atoms with van der Waals surface area (Å²) in [6, 6.07) is 4.37. The van der Waals surface area contributed by atoms with Crippen molar-refractivity contribution in [3.63, 3.8) is 0 Å². The average molecular weight is 298 g/mol. The van der Waals surface area contributed by atoms with Gasteiger partial charge in [0.05, 0.1) is 10.6 Å². The molecular weight excluding hydrogens is 285 g/mol. The second-order valence-electron chi connectivity index (χ2n) is 5.35. The number of hydrogen-bond donors (Lipinski definition) is 1. The Kier molecular flexibility index (Phi) is 3.56. The first kappa shape index (κ1) is 14.5. The number of carbonyl (C=O) groups is 1. The van der Waals surface area contributed by atoms with E-state index >= 15 is 0 Å². The SMILES string of the molecule is CC(C)(C)c1nc(-c2cccc(Cl)c2F)oc1C(=O)O. The van der Waals surface area contributed by atoms with E-state index in [1.54, 1.807) is 26.8 Å². The largest absolute Gasteiger partial charge is 0.475 e. The molecule has 106 valence electrons. The van der Waals surface area contributed by atoms with Gasteiger partial charge < -0.3 is 9.52 Å². The molecule has 0 radical (unpaired) electrons. The van der Waals surface area contributed by atoms with Crippen molar-refractivity contribution >= 4 is 17.6 Å². The molecule has 1 aromatic carbocycles. The number of carboxylic acid groups (broad SMARTS) is 1. The molecule has 2 aromatic rings. The van der Waals surface area contributed by atoms with Crippen molar-refractivity contribution in [2.45, 2.75) is 26.2 Å². The van der Waals surface area contributed by atoms with Crippen LogP contribution >= 0.6 is 11.6 Å². The number of halogens is 2. The van der Waals surface area contributed by atoms with Crippen molar-refractivity contribution in [2.75, 3.05) is 0 Å². The second kappa shape index (κ2) is 4.90. The number of aromatic nitrogens is 1. The van der Waals surface area contributed by atoms with E-state index in [2.05, 4.69) is 4.98 Å². The summed E-state index contributed by atoms with van der Waals surface area (Å²) < 4.78 is 19.2. The van der Waals surface area contributed by atoms with Crippen LogP contribution in [0.3, 0.4) is 0 Å². The highest BCUT2D eigenvalue weighted by atomic mass is 35.5. The van der Waals surface area contributed by atoms with Gasteiger partial charge in [0.15, 0.2) is 5.82 Å². The lowest BCUT2D eigenvalue weighted by molar-refractivity contribution is 0.0659. The molecule has 0 aliphatic heterocycles. The Balaban J connectivity index is 2.65. The Hall–Kier alpha value is -1.88. The Labute approximate surface area is 120 Å². The Morgan fingerprint density at radius 2 is 2.05 bits per heavy atom. The van der Waals surface area contributed by atoms with Crippen LogP contribution in [0.5, 0.6) is 0 Å². The molecule has 0 saturated carbocycles. The van der Waals surface area contributed by atoms with Crippen molar-refractivity contribution < 1.29 is 18.7 Å². The predicted molar refractivity (Wildman–Crippen MR) is 72.6 cm³/mol. The van der Waals surface area contributed by atoms with Crippen LogP contribution in [0.25, 0.3) is 11.5 Å². The Morgan fingerprint density at radius 3 is 2.55 bits per heavy atom. The van der Waals surface area contributed by atoms with Crippen LogP contribution in [0, 0.1) is 5.82 Å². The van der Waals surface area contributed by atoms with Crippen molar-refractivity contribution in [2.24, 2.45) is 0 Å². The van der Waals surface area contributed by atoms with Crippen molar-refractivity contribution in [1.82, 2.24) is 4.98 Å². The maximum absolute atomic E-state index is 13.9. The van der Waals surface area contributed by atoms with Crippen LogP contribution in [-0.2, 0) is 5.41 Å². The summed E-state index contributed by atoms with van der Waals surface area (Å²) in [4.78, 5) is 15.3. The summed E-state index contributed by atoms with van der Waals surface area (Å²) in [6.45, 7) is 5.40. The Bertz CT molecular complexity index is 674. The van der Waals surface area contributed by atoms with Crippen LogP contribution in [-0.4, -0.2) is 16.1 Å². The van der Waals surface area contributed by atoms with Gasteiger partial charge in [0.2, 0.25) is 11.7 Å². The molecule has 0 fully saturated rings. The quantitative estimate of drug-likeness (QED) is 0.905. The molecule has 0 unspecified atom stereocenters. The zero-order chi connectivity index (χ0) is 15.1. The lowest BCUT2D eigenvalue weighted by Gasteiger charge is -2.14. The molecule has 0 spiro atoms. The number of carboxylic acids is 1. The third-order valence-electron chi connectivity index (χ3n) is 2.71. The first-order valence-electron chi connectivity index (χ1n) is 5.91. The minimum absolute atomic E-state index is 0.0375. The van der Waals surface area contributed by atoms with E-state index in [1.165, 1.54) is 12.1 Å². The molecule has 2 rings (SSSR count). The third-order valence-corrected chi connectivity index (χ3v) is 3.01. The molecule has 0 aliphatic rings. The summed E-state index contributed by atoms with van der Waals surface area (Å²) >= 11 is 5.70. The van der Waals surface area contributed by atoms with E-state index in [4.69, 9.17) is 21.1 Å². The van der Waals surface area contributed by atoms with E-state index in [0.29, 0.717) is 0 Å². The van der Waals surface area contributed by atoms with Gasteiger partial charge in [-0.25, -0.2) is 14.2 Å². The predicted octanol–water partition coefficient (Wildman–Crippen LogP) is 4.13. The summed E-state index contributed by atoms with van der Waals surface area (Å²) in [5.41, 5.74) is -0.236.